The first-order valence-electron chi connectivity index (χ1n) is 8.78. The van der Waals surface area contributed by atoms with Crippen molar-refractivity contribution in [2.45, 2.75) is 6.54 Å². The van der Waals surface area contributed by atoms with Gasteiger partial charge in [0.1, 0.15) is 18.1 Å². The van der Waals surface area contributed by atoms with Crippen molar-refractivity contribution >= 4 is 11.6 Å². The molecule has 148 valence electrons. The van der Waals surface area contributed by atoms with E-state index in [-0.39, 0.29) is 17.3 Å². The number of nitro groups is 1. The molecule has 0 spiro atoms. The Hall–Kier alpha value is -3.07. The highest BCUT2D eigenvalue weighted by molar-refractivity contribution is 5.94. The van der Waals surface area contributed by atoms with Crippen LogP contribution in [0, 0.1) is 21.7 Å². The van der Waals surface area contributed by atoms with Crippen molar-refractivity contribution in [1.29, 1.82) is 0 Å². The summed E-state index contributed by atoms with van der Waals surface area (Å²) in [6.45, 7) is 2.71. The quantitative estimate of drug-likeness (QED) is 0.617. The first kappa shape index (κ1) is 19.7. The van der Waals surface area contributed by atoms with Crippen LogP contribution in [0.5, 0.6) is 5.75 Å². The number of hydrogen-bond acceptors (Lipinski definition) is 4. The number of hydrogen-bond donors (Lipinski definition) is 1. The fourth-order valence-electron chi connectivity index (χ4n) is 3.33. The molecular weight excluding hydrogens is 372 g/mol. The summed E-state index contributed by atoms with van der Waals surface area (Å²) in [5, 5.41) is 10.9. The van der Waals surface area contributed by atoms with Crippen LogP contribution in [0.1, 0.15) is 15.9 Å². The third kappa shape index (κ3) is 4.25. The summed E-state index contributed by atoms with van der Waals surface area (Å²) in [4.78, 5) is 25.4. The molecule has 9 heteroatoms. The van der Waals surface area contributed by atoms with Gasteiger partial charge in [-0.15, -0.1) is 0 Å². The number of benzene rings is 2. The summed E-state index contributed by atoms with van der Waals surface area (Å²) in [6.07, 6.45) is 0. The highest BCUT2D eigenvalue weighted by atomic mass is 19.1. The summed E-state index contributed by atoms with van der Waals surface area (Å²) in [5.74, 6) is -1.06. The van der Waals surface area contributed by atoms with Gasteiger partial charge in [0.25, 0.3) is 5.91 Å². The number of halogens is 2. The van der Waals surface area contributed by atoms with Crippen LogP contribution in [0.2, 0.25) is 0 Å². The first-order chi connectivity index (χ1) is 13.4. The molecule has 0 bridgehead atoms. The van der Waals surface area contributed by atoms with E-state index in [9.17, 15) is 23.7 Å². The summed E-state index contributed by atoms with van der Waals surface area (Å²) >= 11 is 0. The first-order valence-corrected chi connectivity index (χ1v) is 8.78. The molecule has 0 atom stereocenters. The third-order valence-electron chi connectivity index (χ3n) is 4.83. The molecule has 3 rings (SSSR count). The van der Waals surface area contributed by atoms with Crippen LogP contribution < -0.4 is 9.64 Å². The van der Waals surface area contributed by atoms with Crippen molar-refractivity contribution in [2.75, 3.05) is 33.3 Å². The standard InChI is InChI=1S/C19H19F2N3O4/c1-28-18-5-3-15(20)10-14(18)12-22-6-8-23(9-7-22)19(25)13-2-4-16(21)17(11-13)24(26)27/h2-5,10-11H,6-9,12H2,1H3/p+1. The van der Waals surface area contributed by atoms with Crippen LogP contribution in [0.15, 0.2) is 36.4 Å². The van der Waals surface area contributed by atoms with Gasteiger partial charge in [0.15, 0.2) is 0 Å². The van der Waals surface area contributed by atoms with E-state index >= 15 is 0 Å². The van der Waals surface area contributed by atoms with Crippen molar-refractivity contribution in [3.05, 3.63) is 69.3 Å². The Bertz CT molecular complexity index is 899. The van der Waals surface area contributed by atoms with E-state index in [1.54, 1.807) is 11.0 Å². The number of methoxy groups -OCH3 is 1. The summed E-state index contributed by atoms with van der Waals surface area (Å²) in [6, 6.07) is 7.53. The van der Waals surface area contributed by atoms with Gasteiger partial charge in [-0.05, 0) is 30.3 Å². The number of rotatable bonds is 5. The van der Waals surface area contributed by atoms with Crippen LogP contribution in [0.25, 0.3) is 0 Å². The molecule has 0 radical (unpaired) electrons. The molecule has 0 aliphatic carbocycles. The Morgan fingerprint density at radius 3 is 2.57 bits per heavy atom. The Labute approximate surface area is 160 Å². The molecule has 1 N–H and O–H groups in total. The number of carbonyl (C=O) groups excluding carboxylic acids is 1. The molecular formula is C19H20F2N3O4+. The van der Waals surface area contributed by atoms with Gasteiger partial charge in [-0.3, -0.25) is 14.9 Å². The average molecular weight is 392 g/mol. The van der Waals surface area contributed by atoms with E-state index < -0.39 is 16.4 Å². The molecule has 1 aliphatic rings. The zero-order valence-corrected chi connectivity index (χ0v) is 15.3. The minimum atomic E-state index is -0.972. The van der Waals surface area contributed by atoms with Crippen LogP contribution in [0.3, 0.4) is 0 Å². The Balaban J connectivity index is 1.64. The van der Waals surface area contributed by atoms with Crippen molar-refractivity contribution in [3.63, 3.8) is 0 Å². The lowest BCUT2D eigenvalue weighted by atomic mass is 10.1. The molecule has 1 amide bonds. The van der Waals surface area contributed by atoms with Crippen LogP contribution in [-0.4, -0.2) is 49.0 Å². The number of nitro benzene ring substituents is 1. The fraction of sp³-hybridized carbons (Fsp3) is 0.316. The zero-order chi connectivity index (χ0) is 20.3. The number of amides is 1. The maximum Gasteiger partial charge on any atom is 0.305 e. The minimum Gasteiger partial charge on any atom is -0.496 e. The predicted molar refractivity (Wildman–Crippen MR) is 96.3 cm³/mol. The second-order valence-corrected chi connectivity index (χ2v) is 6.60. The maximum absolute atomic E-state index is 13.5. The van der Waals surface area contributed by atoms with Gasteiger partial charge in [-0.25, -0.2) is 4.39 Å². The zero-order valence-electron chi connectivity index (χ0n) is 15.3. The van der Waals surface area contributed by atoms with Gasteiger partial charge >= 0.3 is 5.69 Å². The number of quaternary nitrogens is 1. The highest BCUT2D eigenvalue weighted by Crippen LogP contribution is 2.20. The lowest BCUT2D eigenvalue weighted by Gasteiger charge is -2.32. The van der Waals surface area contributed by atoms with Gasteiger partial charge in [-0.2, -0.15) is 4.39 Å². The third-order valence-corrected chi connectivity index (χ3v) is 4.83. The Kier molecular flexibility index (Phi) is 5.84. The molecule has 7 nitrogen and oxygen atoms in total. The number of ether oxygens (including phenoxy) is 1. The lowest BCUT2D eigenvalue weighted by molar-refractivity contribution is -0.917. The topological polar surface area (TPSA) is 77.1 Å². The molecule has 1 aliphatic heterocycles. The van der Waals surface area contributed by atoms with Crippen LogP contribution in [0.4, 0.5) is 14.5 Å². The molecule has 28 heavy (non-hydrogen) atoms. The summed E-state index contributed by atoms with van der Waals surface area (Å²) in [7, 11) is 1.53. The largest absolute Gasteiger partial charge is 0.496 e. The summed E-state index contributed by atoms with van der Waals surface area (Å²) in [5.41, 5.74) is 0.128. The molecule has 0 unspecified atom stereocenters. The van der Waals surface area contributed by atoms with E-state index in [1.807, 2.05) is 0 Å². The van der Waals surface area contributed by atoms with Crippen molar-refractivity contribution in [3.8, 4) is 5.75 Å². The smallest absolute Gasteiger partial charge is 0.305 e. The van der Waals surface area contributed by atoms with Crippen molar-refractivity contribution in [2.24, 2.45) is 0 Å². The lowest BCUT2D eigenvalue weighted by Crippen LogP contribution is -3.13. The molecule has 1 fully saturated rings. The normalized spacial score (nSPS) is 14.8. The second-order valence-electron chi connectivity index (χ2n) is 6.60. The monoisotopic (exact) mass is 392 g/mol. The molecule has 0 aromatic heterocycles. The van der Waals surface area contributed by atoms with Gasteiger partial charge < -0.3 is 14.5 Å². The van der Waals surface area contributed by atoms with Crippen LogP contribution >= 0.6 is 0 Å². The molecule has 1 saturated heterocycles. The average Bonchev–Trinajstić information content (AvgIpc) is 2.68. The SMILES string of the molecule is COc1ccc(F)cc1C[NH+]1CCN(C(=O)c2ccc(F)c([N+](=O)[O-])c2)CC1. The number of piperazine rings is 1. The fourth-order valence-corrected chi connectivity index (χ4v) is 3.33. The highest BCUT2D eigenvalue weighted by Gasteiger charge is 2.27. The number of nitrogens with zero attached hydrogens (tertiary/aromatic N) is 2. The molecule has 1 heterocycles. The van der Waals surface area contributed by atoms with Gasteiger partial charge in [0.05, 0.1) is 43.8 Å². The van der Waals surface area contributed by atoms with E-state index in [2.05, 4.69) is 0 Å². The van der Waals surface area contributed by atoms with E-state index in [0.717, 1.165) is 22.6 Å². The number of nitrogens with one attached hydrogen (secondary N) is 1. The Morgan fingerprint density at radius 2 is 1.93 bits per heavy atom. The minimum absolute atomic E-state index is 0.0864. The van der Waals surface area contributed by atoms with Crippen molar-refractivity contribution < 1.29 is 28.1 Å². The second kappa shape index (κ2) is 8.30. The van der Waals surface area contributed by atoms with Crippen molar-refractivity contribution in [1.82, 2.24) is 4.90 Å². The predicted octanol–water partition coefficient (Wildman–Crippen LogP) is 1.42. The van der Waals surface area contributed by atoms with E-state index in [1.165, 1.54) is 25.3 Å². The molecule has 2 aromatic carbocycles. The maximum atomic E-state index is 13.5. The molecule has 0 saturated carbocycles. The molecule has 2 aromatic rings. The number of carbonyl (C=O) groups is 1. The van der Waals surface area contributed by atoms with E-state index in [0.29, 0.717) is 38.5 Å². The van der Waals surface area contributed by atoms with E-state index in [4.69, 9.17) is 4.74 Å². The van der Waals surface area contributed by atoms with Gasteiger partial charge in [0.2, 0.25) is 5.82 Å². The van der Waals surface area contributed by atoms with Crippen LogP contribution in [-0.2, 0) is 6.54 Å². The summed E-state index contributed by atoms with van der Waals surface area (Å²) < 4.78 is 32.3. The van der Waals surface area contributed by atoms with Gasteiger partial charge in [-0.1, -0.05) is 0 Å². The van der Waals surface area contributed by atoms with Gasteiger partial charge in [0, 0.05) is 11.6 Å². The Morgan fingerprint density at radius 1 is 1.21 bits per heavy atom.